The lowest BCUT2D eigenvalue weighted by atomic mass is 10.1. The third kappa shape index (κ3) is 2.58. The Morgan fingerprint density at radius 1 is 1.15 bits per heavy atom. The maximum absolute atomic E-state index is 11.4. The van der Waals surface area contributed by atoms with Gasteiger partial charge in [-0.3, -0.25) is 4.98 Å². The molecule has 0 aliphatic rings. The first kappa shape index (κ1) is 12.9. The van der Waals surface area contributed by atoms with Gasteiger partial charge in [0.1, 0.15) is 17.1 Å². The molecule has 0 unspecified atom stereocenters. The molecule has 20 heavy (non-hydrogen) atoms. The fraction of sp³-hybridized carbons (Fsp3) is 0.0667. The molecule has 0 N–H and O–H groups in total. The van der Waals surface area contributed by atoms with Gasteiger partial charge in [0, 0.05) is 28.2 Å². The molecule has 4 nitrogen and oxygen atoms in total. The van der Waals surface area contributed by atoms with Crippen LogP contribution in [0, 0.1) is 6.92 Å². The van der Waals surface area contributed by atoms with Crippen LogP contribution >= 0.6 is 15.9 Å². The van der Waals surface area contributed by atoms with Crippen LogP contribution in [0.25, 0.3) is 11.0 Å². The molecule has 2 aromatic heterocycles. The number of hydrogen-bond acceptors (Lipinski definition) is 4. The first-order valence-corrected chi connectivity index (χ1v) is 6.74. The zero-order chi connectivity index (χ0) is 14.1. The van der Waals surface area contributed by atoms with Crippen molar-refractivity contribution in [2.75, 3.05) is 0 Å². The molecule has 0 saturated carbocycles. The second kappa shape index (κ2) is 5.09. The summed E-state index contributed by atoms with van der Waals surface area (Å²) in [5.41, 5.74) is 1.03. The summed E-state index contributed by atoms with van der Waals surface area (Å²) in [6.07, 6.45) is 3.29. The number of halogens is 1. The van der Waals surface area contributed by atoms with Crippen molar-refractivity contribution >= 4 is 26.9 Å². The van der Waals surface area contributed by atoms with Crippen LogP contribution < -0.4 is 10.4 Å². The van der Waals surface area contributed by atoms with E-state index in [9.17, 15) is 4.79 Å². The van der Waals surface area contributed by atoms with Crippen molar-refractivity contribution in [3.8, 4) is 11.5 Å². The zero-order valence-electron chi connectivity index (χ0n) is 10.6. The molecule has 0 aliphatic heterocycles. The van der Waals surface area contributed by atoms with Gasteiger partial charge in [-0.25, -0.2) is 4.79 Å². The van der Waals surface area contributed by atoms with E-state index in [1.54, 1.807) is 18.5 Å². The number of aromatic nitrogens is 1. The van der Waals surface area contributed by atoms with E-state index < -0.39 is 0 Å². The van der Waals surface area contributed by atoms with Gasteiger partial charge in [0.2, 0.25) is 0 Å². The molecule has 100 valence electrons. The number of pyridine rings is 1. The second-order valence-electron chi connectivity index (χ2n) is 4.35. The van der Waals surface area contributed by atoms with Gasteiger partial charge in [-0.2, -0.15) is 0 Å². The van der Waals surface area contributed by atoms with Crippen LogP contribution in [0.2, 0.25) is 0 Å². The van der Waals surface area contributed by atoms with Crippen molar-refractivity contribution in [2.24, 2.45) is 0 Å². The first-order chi connectivity index (χ1) is 9.61. The van der Waals surface area contributed by atoms with Gasteiger partial charge in [-0.15, -0.1) is 0 Å². The van der Waals surface area contributed by atoms with Crippen molar-refractivity contribution in [1.82, 2.24) is 4.98 Å². The Balaban J connectivity index is 2.03. The van der Waals surface area contributed by atoms with Gasteiger partial charge >= 0.3 is 5.63 Å². The fourth-order valence-electron chi connectivity index (χ4n) is 1.95. The van der Waals surface area contributed by atoms with E-state index in [0.29, 0.717) is 17.1 Å². The number of nitrogens with zero attached hydrogens (tertiary/aromatic N) is 1. The van der Waals surface area contributed by atoms with Gasteiger partial charge in [0.05, 0.1) is 6.20 Å². The lowest BCUT2D eigenvalue weighted by Crippen LogP contribution is -1.97. The van der Waals surface area contributed by atoms with Gasteiger partial charge in [0.25, 0.3) is 0 Å². The van der Waals surface area contributed by atoms with Crippen LogP contribution in [0.1, 0.15) is 5.56 Å². The Kier molecular flexibility index (Phi) is 3.28. The average molecular weight is 332 g/mol. The van der Waals surface area contributed by atoms with Crippen molar-refractivity contribution in [2.45, 2.75) is 6.92 Å². The molecule has 0 bridgehead atoms. The molecule has 0 fully saturated rings. The number of benzene rings is 1. The first-order valence-electron chi connectivity index (χ1n) is 5.95. The predicted octanol–water partition coefficient (Wildman–Crippen LogP) is 4.05. The van der Waals surface area contributed by atoms with Gasteiger partial charge in [0.15, 0.2) is 0 Å². The third-order valence-electron chi connectivity index (χ3n) is 2.84. The summed E-state index contributed by atoms with van der Waals surface area (Å²) in [6, 6.07) is 8.68. The van der Waals surface area contributed by atoms with Crippen LogP contribution in [0.4, 0.5) is 0 Å². The Morgan fingerprint density at radius 3 is 2.80 bits per heavy atom. The standard InChI is InChI=1S/C15H10BrNO3/c1-9-4-15(18)20-14-6-11(2-3-13(9)14)19-12-5-10(16)7-17-8-12/h2-8H,1H3. The number of hydrogen-bond donors (Lipinski definition) is 0. The summed E-state index contributed by atoms with van der Waals surface area (Å²) in [4.78, 5) is 15.4. The van der Waals surface area contributed by atoms with E-state index in [1.165, 1.54) is 6.07 Å². The minimum Gasteiger partial charge on any atom is -0.456 e. The number of aryl methyl sites for hydroxylation is 1. The Hall–Kier alpha value is -2.14. The van der Waals surface area contributed by atoms with Crippen LogP contribution in [0.15, 0.2) is 56.4 Å². The molecule has 0 saturated heterocycles. The molecule has 0 aliphatic carbocycles. The topological polar surface area (TPSA) is 52.3 Å². The SMILES string of the molecule is Cc1cc(=O)oc2cc(Oc3cncc(Br)c3)ccc12. The minimum atomic E-state index is -0.365. The van der Waals surface area contributed by atoms with E-state index in [-0.39, 0.29) is 5.63 Å². The molecule has 0 atom stereocenters. The summed E-state index contributed by atoms with van der Waals surface area (Å²) in [6.45, 7) is 1.87. The Morgan fingerprint density at radius 2 is 2.00 bits per heavy atom. The zero-order valence-corrected chi connectivity index (χ0v) is 12.2. The quantitative estimate of drug-likeness (QED) is 0.664. The minimum absolute atomic E-state index is 0.365. The molecule has 3 rings (SSSR count). The molecular formula is C15H10BrNO3. The molecular weight excluding hydrogens is 322 g/mol. The van der Waals surface area contributed by atoms with Crippen molar-refractivity contribution in [3.63, 3.8) is 0 Å². The number of fused-ring (bicyclic) bond motifs is 1. The molecule has 2 heterocycles. The van der Waals surface area contributed by atoms with Crippen LogP contribution in [-0.4, -0.2) is 4.98 Å². The normalized spacial score (nSPS) is 10.7. The highest BCUT2D eigenvalue weighted by molar-refractivity contribution is 9.10. The highest BCUT2D eigenvalue weighted by Gasteiger charge is 2.05. The van der Waals surface area contributed by atoms with E-state index in [1.807, 2.05) is 25.1 Å². The maximum Gasteiger partial charge on any atom is 0.336 e. The van der Waals surface area contributed by atoms with Crippen molar-refractivity contribution in [3.05, 3.63) is 63.2 Å². The Labute approximate surface area is 123 Å². The average Bonchev–Trinajstić information content (AvgIpc) is 2.38. The lowest BCUT2D eigenvalue weighted by Gasteiger charge is -2.07. The van der Waals surface area contributed by atoms with Crippen molar-refractivity contribution < 1.29 is 9.15 Å². The third-order valence-corrected chi connectivity index (χ3v) is 3.27. The smallest absolute Gasteiger partial charge is 0.336 e. The van der Waals surface area contributed by atoms with Crippen LogP contribution in [-0.2, 0) is 0 Å². The molecule has 0 amide bonds. The molecule has 5 heteroatoms. The van der Waals surface area contributed by atoms with E-state index >= 15 is 0 Å². The van der Waals surface area contributed by atoms with Gasteiger partial charge < -0.3 is 9.15 Å². The number of ether oxygens (including phenoxy) is 1. The molecule has 1 aromatic carbocycles. The highest BCUT2D eigenvalue weighted by Crippen LogP contribution is 2.27. The fourth-order valence-corrected chi connectivity index (χ4v) is 2.30. The van der Waals surface area contributed by atoms with E-state index in [2.05, 4.69) is 20.9 Å². The summed E-state index contributed by atoms with van der Waals surface area (Å²) < 4.78 is 11.7. The summed E-state index contributed by atoms with van der Waals surface area (Å²) in [5.74, 6) is 1.19. The summed E-state index contributed by atoms with van der Waals surface area (Å²) in [7, 11) is 0. The van der Waals surface area contributed by atoms with Crippen molar-refractivity contribution in [1.29, 1.82) is 0 Å². The molecule has 0 spiro atoms. The lowest BCUT2D eigenvalue weighted by molar-refractivity contribution is 0.477. The summed E-state index contributed by atoms with van der Waals surface area (Å²) >= 11 is 3.33. The monoisotopic (exact) mass is 331 g/mol. The predicted molar refractivity (Wildman–Crippen MR) is 79.2 cm³/mol. The molecule has 3 aromatic rings. The largest absolute Gasteiger partial charge is 0.456 e. The van der Waals surface area contributed by atoms with Crippen LogP contribution in [0.5, 0.6) is 11.5 Å². The maximum atomic E-state index is 11.4. The second-order valence-corrected chi connectivity index (χ2v) is 5.26. The van der Waals surface area contributed by atoms with E-state index in [4.69, 9.17) is 9.15 Å². The van der Waals surface area contributed by atoms with Gasteiger partial charge in [-0.05, 0) is 46.6 Å². The van der Waals surface area contributed by atoms with Gasteiger partial charge in [-0.1, -0.05) is 0 Å². The van der Waals surface area contributed by atoms with E-state index in [0.717, 1.165) is 15.4 Å². The number of rotatable bonds is 2. The highest BCUT2D eigenvalue weighted by atomic mass is 79.9. The molecule has 0 radical (unpaired) electrons. The summed E-state index contributed by atoms with van der Waals surface area (Å²) in [5, 5.41) is 0.893. The Bertz CT molecular complexity index is 842. The van der Waals surface area contributed by atoms with Crippen LogP contribution in [0.3, 0.4) is 0 Å².